The molecule has 0 spiro atoms. The smallest absolute Gasteiger partial charge is 0.271 e. The molecular formula is C32H47N9O2. The molecule has 11 nitrogen and oxygen atoms in total. The summed E-state index contributed by atoms with van der Waals surface area (Å²) in [5.74, 6) is 0.358. The van der Waals surface area contributed by atoms with Gasteiger partial charge in [-0.15, -0.1) is 0 Å². The van der Waals surface area contributed by atoms with Crippen molar-refractivity contribution in [3.05, 3.63) is 48.3 Å². The van der Waals surface area contributed by atoms with E-state index in [1.54, 1.807) is 0 Å². The molecule has 4 heterocycles. The maximum atomic E-state index is 12.4. The molecule has 3 aliphatic rings. The normalized spacial score (nSPS) is 20.8. The van der Waals surface area contributed by atoms with Crippen LogP contribution in [0.3, 0.4) is 0 Å². The van der Waals surface area contributed by atoms with E-state index >= 15 is 0 Å². The molecule has 1 unspecified atom stereocenters. The van der Waals surface area contributed by atoms with Crippen molar-refractivity contribution in [2.24, 2.45) is 5.73 Å². The highest BCUT2D eigenvalue weighted by molar-refractivity contribution is 5.96. The van der Waals surface area contributed by atoms with Crippen LogP contribution in [-0.4, -0.2) is 103 Å². The number of amides is 2. The molecule has 11 heteroatoms. The van der Waals surface area contributed by atoms with E-state index in [1.807, 2.05) is 19.1 Å². The first-order chi connectivity index (χ1) is 20.8. The molecule has 0 aliphatic carbocycles. The third-order valence-corrected chi connectivity index (χ3v) is 9.09. The summed E-state index contributed by atoms with van der Waals surface area (Å²) in [5.41, 5.74) is 8.67. The lowest BCUT2D eigenvalue weighted by Gasteiger charge is -2.42. The maximum Gasteiger partial charge on any atom is 0.271 e. The van der Waals surface area contributed by atoms with Crippen molar-refractivity contribution in [2.75, 3.05) is 74.5 Å². The van der Waals surface area contributed by atoms with E-state index in [1.165, 1.54) is 37.7 Å². The van der Waals surface area contributed by atoms with Gasteiger partial charge in [-0.3, -0.25) is 14.5 Å². The van der Waals surface area contributed by atoms with E-state index in [0.717, 1.165) is 75.7 Å². The van der Waals surface area contributed by atoms with Gasteiger partial charge in [0.1, 0.15) is 0 Å². The van der Waals surface area contributed by atoms with Gasteiger partial charge in [0.25, 0.3) is 5.91 Å². The van der Waals surface area contributed by atoms with Gasteiger partial charge in [-0.2, -0.15) is 0 Å². The molecule has 1 atom stereocenters. The molecule has 3 saturated heterocycles. The topological polar surface area (TPSA) is 123 Å². The maximum absolute atomic E-state index is 12.4. The van der Waals surface area contributed by atoms with Crippen LogP contribution in [0.4, 0.5) is 23.0 Å². The van der Waals surface area contributed by atoms with E-state index in [2.05, 4.69) is 61.0 Å². The number of likely N-dealkylation sites (N-methyl/N-ethyl adjacent to an activating group) is 1. The summed E-state index contributed by atoms with van der Waals surface area (Å²) in [7, 11) is 2.21. The Morgan fingerprint density at radius 1 is 0.953 bits per heavy atom. The Balaban J connectivity index is 1.26. The number of primary amides is 1. The van der Waals surface area contributed by atoms with Crippen LogP contribution in [0.2, 0.25) is 0 Å². The lowest BCUT2D eigenvalue weighted by Crippen LogP contribution is -2.52. The lowest BCUT2D eigenvalue weighted by atomic mass is 10.0. The predicted molar refractivity (Wildman–Crippen MR) is 172 cm³/mol. The zero-order chi connectivity index (χ0) is 30.3. The number of benzene rings is 1. The van der Waals surface area contributed by atoms with Crippen LogP contribution in [0.1, 0.15) is 55.2 Å². The van der Waals surface area contributed by atoms with Crippen LogP contribution in [0.5, 0.6) is 0 Å². The fourth-order valence-electron chi connectivity index (χ4n) is 6.49. The Hall–Kier alpha value is -3.70. The van der Waals surface area contributed by atoms with Gasteiger partial charge < -0.3 is 31.1 Å². The molecule has 1 aromatic heterocycles. The minimum absolute atomic E-state index is 0.0899. The SMILES string of the molecule is C=CC(=O)NC1CCCN(c2nc(Nc3ccc(N4CCC(N5CCN(C)CC5)CC4)cc3)c(C(N)=O)nc2CC)CC1. The van der Waals surface area contributed by atoms with Crippen molar-refractivity contribution < 1.29 is 9.59 Å². The fourth-order valence-corrected chi connectivity index (χ4v) is 6.49. The third kappa shape index (κ3) is 7.64. The zero-order valence-electron chi connectivity index (χ0n) is 25.7. The Morgan fingerprint density at radius 3 is 2.30 bits per heavy atom. The van der Waals surface area contributed by atoms with Crippen molar-refractivity contribution in [3.8, 4) is 0 Å². The number of rotatable bonds is 9. The second-order valence-electron chi connectivity index (χ2n) is 12.0. The summed E-state index contributed by atoms with van der Waals surface area (Å²) in [5, 5.41) is 6.35. The van der Waals surface area contributed by atoms with Crippen LogP contribution < -0.4 is 26.2 Å². The number of hydrogen-bond acceptors (Lipinski definition) is 9. The zero-order valence-corrected chi connectivity index (χ0v) is 25.7. The van der Waals surface area contributed by atoms with Crippen LogP contribution in [0.25, 0.3) is 0 Å². The number of anilines is 4. The number of nitrogens with one attached hydrogen (secondary N) is 2. The van der Waals surface area contributed by atoms with Gasteiger partial charge in [-0.25, -0.2) is 9.97 Å². The average molecular weight is 590 g/mol. The summed E-state index contributed by atoms with van der Waals surface area (Å²) in [6.45, 7) is 13.8. The molecule has 5 rings (SSSR count). The minimum Gasteiger partial charge on any atom is -0.371 e. The van der Waals surface area contributed by atoms with Gasteiger partial charge in [0.15, 0.2) is 17.3 Å². The number of hydrogen-bond donors (Lipinski definition) is 3. The Kier molecular flexibility index (Phi) is 10.1. The van der Waals surface area contributed by atoms with Gasteiger partial charge in [-0.1, -0.05) is 13.5 Å². The quantitative estimate of drug-likeness (QED) is 0.379. The Bertz CT molecular complexity index is 1270. The van der Waals surface area contributed by atoms with Gasteiger partial charge in [-0.05, 0) is 75.9 Å². The second-order valence-corrected chi connectivity index (χ2v) is 12.0. The first-order valence-corrected chi connectivity index (χ1v) is 15.8. The second kappa shape index (κ2) is 14.2. The van der Waals surface area contributed by atoms with Crippen molar-refractivity contribution in [1.82, 2.24) is 25.1 Å². The highest BCUT2D eigenvalue weighted by Crippen LogP contribution is 2.29. The van der Waals surface area contributed by atoms with Crippen LogP contribution in [0, 0.1) is 0 Å². The summed E-state index contributed by atoms with van der Waals surface area (Å²) >= 11 is 0. The first kappa shape index (κ1) is 30.7. The summed E-state index contributed by atoms with van der Waals surface area (Å²) in [4.78, 5) is 43.6. The fraction of sp³-hybridized carbons (Fsp3) is 0.562. The van der Waals surface area contributed by atoms with Gasteiger partial charge in [0, 0.05) is 75.8 Å². The molecular weight excluding hydrogens is 542 g/mol. The molecule has 0 radical (unpaired) electrons. The predicted octanol–water partition coefficient (Wildman–Crippen LogP) is 2.76. The van der Waals surface area contributed by atoms with Gasteiger partial charge in [0.05, 0.1) is 5.69 Å². The summed E-state index contributed by atoms with van der Waals surface area (Å²) in [6, 6.07) is 9.08. The van der Waals surface area contributed by atoms with Gasteiger partial charge >= 0.3 is 0 Å². The van der Waals surface area contributed by atoms with Gasteiger partial charge in [0.2, 0.25) is 5.91 Å². The average Bonchev–Trinajstić information content (AvgIpc) is 3.27. The molecule has 1 aromatic carbocycles. The van der Waals surface area contributed by atoms with E-state index in [4.69, 9.17) is 10.7 Å². The molecule has 2 amide bonds. The van der Waals surface area contributed by atoms with Crippen molar-refractivity contribution in [2.45, 2.75) is 57.5 Å². The van der Waals surface area contributed by atoms with Crippen molar-refractivity contribution >= 4 is 34.8 Å². The molecule has 2 aromatic rings. The molecule has 4 N–H and O–H groups in total. The number of piperidine rings is 1. The molecule has 3 fully saturated rings. The number of piperazine rings is 1. The number of nitrogens with two attached hydrogens (primary N) is 1. The molecule has 0 saturated carbocycles. The number of aryl methyl sites for hydroxylation is 1. The highest BCUT2D eigenvalue weighted by atomic mass is 16.2. The lowest BCUT2D eigenvalue weighted by molar-refractivity contribution is -0.117. The number of nitrogens with zero attached hydrogens (tertiary/aromatic N) is 6. The number of carbonyl (C=O) groups is 2. The van der Waals surface area contributed by atoms with Crippen LogP contribution in [0.15, 0.2) is 36.9 Å². The van der Waals surface area contributed by atoms with E-state index < -0.39 is 5.91 Å². The van der Waals surface area contributed by atoms with E-state index in [-0.39, 0.29) is 17.6 Å². The largest absolute Gasteiger partial charge is 0.371 e. The molecule has 3 aliphatic heterocycles. The van der Waals surface area contributed by atoms with E-state index in [0.29, 0.717) is 18.3 Å². The molecule has 43 heavy (non-hydrogen) atoms. The van der Waals surface area contributed by atoms with E-state index in [9.17, 15) is 9.59 Å². The first-order valence-electron chi connectivity index (χ1n) is 15.8. The van der Waals surface area contributed by atoms with Crippen LogP contribution >= 0.6 is 0 Å². The van der Waals surface area contributed by atoms with Crippen LogP contribution in [-0.2, 0) is 11.2 Å². The summed E-state index contributed by atoms with van der Waals surface area (Å²) in [6.07, 6.45) is 6.89. The Labute approximate surface area is 255 Å². The Morgan fingerprint density at radius 2 is 1.65 bits per heavy atom. The number of carbonyl (C=O) groups excluding carboxylic acids is 2. The summed E-state index contributed by atoms with van der Waals surface area (Å²) < 4.78 is 0. The standard InChI is InChI=1S/C32H47N9O2/c1-4-27-32(41-15-6-7-23(12-16-41)34-28(42)5-2)37-31(29(36-27)30(33)43)35-24-8-10-25(11-9-24)39-17-13-26(14-18-39)40-21-19-38(3)20-22-40/h5,8-11,23,26H,2,4,6-7,12-22H2,1,3H3,(H2,33,43)(H,34,42)(H,35,37). The van der Waals surface area contributed by atoms with Crippen molar-refractivity contribution in [3.63, 3.8) is 0 Å². The minimum atomic E-state index is -0.612. The molecule has 0 bridgehead atoms. The molecule has 232 valence electrons. The highest BCUT2D eigenvalue weighted by Gasteiger charge is 2.27. The van der Waals surface area contributed by atoms with Crippen molar-refractivity contribution in [1.29, 1.82) is 0 Å². The monoisotopic (exact) mass is 589 g/mol. The number of aromatic nitrogens is 2. The third-order valence-electron chi connectivity index (χ3n) is 9.09.